The van der Waals surface area contributed by atoms with Crippen molar-refractivity contribution in [3.05, 3.63) is 39.9 Å². The molecule has 0 unspecified atom stereocenters. The number of fused-ring (bicyclic) bond motifs is 1. The largest absolute Gasteiger partial charge is 0.486 e. The van der Waals surface area contributed by atoms with E-state index in [1.807, 2.05) is 11.5 Å². The first kappa shape index (κ1) is 13.4. The van der Waals surface area contributed by atoms with Crippen molar-refractivity contribution in [2.24, 2.45) is 0 Å². The Bertz CT molecular complexity index is 659. The number of hydrogen-bond donors (Lipinski definition) is 1. The van der Waals surface area contributed by atoms with Gasteiger partial charge in [0, 0.05) is 6.54 Å². The van der Waals surface area contributed by atoms with Crippen LogP contribution in [0.1, 0.15) is 36.7 Å². The normalized spacial score (nSPS) is 14.1. The lowest BCUT2D eigenvalue weighted by Crippen LogP contribution is -2.07. The van der Waals surface area contributed by atoms with Crippen LogP contribution in [0.25, 0.3) is 0 Å². The summed E-state index contributed by atoms with van der Waals surface area (Å²) in [5, 5.41) is 7.02. The van der Waals surface area contributed by atoms with Crippen LogP contribution in [-0.4, -0.2) is 14.8 Å². The van der Waals surface area contributed by atoms with Crippen molar-refractivity contribution in [1.82, 2.24) is 14.8 Å². The van der Waals surface area contributed by atoms with E-state index in [2.05, 4.69) is 28.4 Å². The van der Waals surface area contributed by atoms with Crippen molar-refractivity contribution in [2.45, 2.75) is 45.8 Å². The van der Waals surface area contributed by atoms with E-state index >= 15 is 0 Å². The van der Waals surface area contributed by atoms with Crippen molar-refractivity contribution in [3.63, 3.8) is 0 Å². The van der Waals surface area contributed by atoms with Crippen LogP contribution >= 0.6 is 12.2 Å². The molecule has 0 saturated carbocycles. The maximum atomic E-state index is 5.86. The molecule has 0 aliphatic heterocycles. The van der Waals surface area contributed by atoms with Crippen LogP contribution < -0.4 is 4.74 Å². The zero-order valence-electron chi connectivity index (χ0n) is 11.7. The van der Waals surface area contributed by atoms with Gasteiger partial charge in [-0.15, -0.1) is 0 Å². The second-order valence-electron chi connectivity index (χ2n) is 5.12. The lowest BCUT2D eigenvalue weighted by molar-refractivity contribution is 0.288. The van der Waals surface area contributed by atoms with Crippen molar-refractivity contribution in [2.75, 3.05) is 0 Å². The van der Waals surface area contributed by atoms with Gasteiger partial charge in [-0.25, -0.2) is 0 Å². The predicted octanol–water partition coefficient (Wildman–Crippen LogP) is 3.42. The van der Waals surface area contributed by atoms with Gasteiger partial charge in [0.05, 0.1) is 0 Å². The fourth-order valence-corrected chi connectivity index (χ4v) is 3.01. The maximum Gasteiger partial charge on any atom is 0.195 e. The highest BCUT2D eigenvalue weighted by molar-refractivity contribution is 7.71. The minimum Gasteiger partial charge on any atom is -0.486 e. The van der Waals surface area contributed by atoms with E-state index in [9.17, 15) is 0 Å². The SMILES string of the molecule is CCn1c(COc2ccc3c(c2)CCCC3)n[nH]c1=S. The average Bonchev–Trinajstić information content (AvgIpc) is 2.85. The highest BCUT2D eigenvalue weighted by atomic mass is 32.1. The van der Waals surface area contributed by atoms with E-state index in [-0.39, 0.29) is 0 Å². The highest BCUT2D eigenvalue weighted by Crippen LogP contribution is 2.25. The summed E-state index contributed by atoms with van der Waals surface area (Å²) in [6.07, 6.45) is 4.95. The molecule has 0 spiro atoms. The smallest absolute Gasteiger partial charge is 0.195 e. The molecule has 106 valence electrons. The number of aryl methyl sites for hydroxylation is 2. The first-order valence-electron chi connectivity index (χ1n) is 7.16. The predicted molar refractivity (Wildman–Crippen MR) is 80.5 cm³/mol. The van der Waals surface area contributed by atoms with E-state index in [1.54, 1.807) is 0 Å². The number of hydrogen-bond acceptors (Lipinski definition) is 3. The van der Waals surface area contributed by atoms with Gasteiger partial charge in [-0.2, -0.15) is 5.10 Å². The fourth-order valence-electron chi connectivity index (χ4n) is 2.73. The van der Waals surface area contributed by atoms with E-state index in [0.717, 1.165) is 18.1 Å². The van der Waals surface area contributed by atoms with Crippen molar-refractivity contribution < 1.29 is 4.74 Å². The van der Waals surface area contributed by atoms with Crippen LogP contribution in [-0.2, 0) is 26.0 Å². The molecule has 1 aromatic carbocycles. The Morgan fingerprint density at radius 2 is 2.10 bits per heavy atom. The number of rotatable bonds is 4. The molecule has 4 nitrogen and oxygen atoms in total. The minimum atomic E-state index is 0.444. The summed E-state index contributed by atoms with van der Waals surface area (Å²) in [6, 6.07) is 6.43. The Morgan fingerprint density at radius 3 is 2.90 bits per heavy atom. The molecule has 0 amide bonds. The molecule has 20 heavy (non-hydrogen) atoms. The van der Waals surface area contributed by atoms with Gasteiger partial charge in [-0.3, -0.25) is 5.10 Å². The number of ether oxygens (including phenoxy) is 1. The maximum absolute atomic E-state index is 5.86. The number of nitrogens with zero attached hydrogens (tertiary/aromatic N) is 2. The molecule has 0 fully saturated rings. The van der Waals surface area contributed by atoms with Crippen LogP contribution in [0.15, 0.2) is 18.2 Å². The lowest BCUT2D eigenvalue weighted by atomic mass is 9.92. The van der Waals surface area contributed by atoms with E-state index in [4.69, 9.17) is 17.0 Å². The molecule has 0 bridgehead atoms. The molecule has 5 heteroatoms. The number of benzene rings is 1. The fraction of sp³-hybridized carbons (Fsp3) is 0.467. The standard InChI is InChI=1S/C15H19N3OS/c1-2-18-14(16-17-15(18)20)10-19-13-8-7-11-5-3-4-6-12(11)9-13/h7-9H,2-6,10H2,1H3,(H,17,20). The Morgan fingerprint density at radius 1 is 1.30 bits per heavy atom. The molecule has 1 aliphatic rings. The Hall–Kier alpha value is -1.62. The van der Waals surface area contributed by atoms with Crippen LogP contribution in [0.4, 0.5) is 0 Å². The number of aromatic nitrogens is 3. The average molecular weight is 289 g/mol. The molecule has 1 heterocycles. The molecule has 0 saturated heterocycles. The Balaban J connectivity index is 1.73. The summed E-state index contributed by atoms with van der Waals surface area (Å²) in [4.78, 5) is 0. The summed E-state index contributed by atoms with van der Waals surface area (Å²) in [5.41, 5.74) is 2.91. The van der Waals surface area contributed by atoms with Crippen molar-refractivity contribution in [1.29, 1.82) is 0 Å². The zero-order valence-corrected chi connectivity index (χ0v) is 12.5. The third-order valence-electron chi connectivity index (χ3n) is 3.84. The van der Waals surface area contributed by atoms with E-state index in [0.29, 0.717) is 11.4 Å². The van der Waals surface area contributed by atoms with Crippen LogP contribution in [0.3, 0.4) is 0 Å². The van der Waals surface area contributed by atoms with Gasteiger partial charge in [0.2, 0.25) is 0 Å². The van der Waals surface area contributed by atoms with Crippen LogP contribution in [0, 0.1) is 4.77 Å². The van der Waals surface area contributed by atoms with Crippen LogP contribution in [0.2, 0.25) is 0 Å². The number of H-pyrrole nitrogens is 1. The summed E-state index contributed by atoms with van der Waals surface area (Å²) in [5.74, 6) is 1.76. The lowest BCUT2D eigenvalue weighted by Gasteiger charge is -2.16. The van der Waals surface area contributed by atoms with Crippen molar-refractivity contribution >= 4 is 12.2 Å². The van der Waals surface area contributed by atoms with E-state index < -0.39 is 0 Å². The Labute approximate surface area is 123 Å². The Kier molecular flexibility index (Phi) is 3.87. The van der Waals surface area contributed by atoms with Gasteiger partial charge in [0.15, 0.2) is 10.6 Å². The van der Waals surface area contributed by atoms with Gasteiger partial charge in [0.25, 0.3) is 0 Å². The zero-order chi connectivity index (χ0) is 13.9. The van der Waals surface area contributed by atoms with Gasteiger partial charge >= 0.3 is 0 Å². The van der Waals surface area contributed by atoms with Gasteiger partial charge in [0.1, 0.15) is 12.4 Å². The number of nitrogens with one attached hydrogen (secondary N) is 1. The second-order valence-corrected chi connectivity index (χ2v) is 5.50. The summed E-state index contributed by atoms with van der Waals surface area (Å²) in [7, 11) is 0. The summed E-state index contributed by atoms with van der Waals surface area (Å²) < 4.78 is 8.47. The highest BCUT2D eigenvalue weighted by Gasteiger charge is 2.11. The molecule has 1 aliphatic carbocycles. The van der Waals surface area contributed by atoms with Crippen LogP contribution in [0.5, 0.6) is 5.75 Å². The summed E-state index contributed by atoms with van der Waals surface area (Å²) >= 11 is 5.17. The molecule has 1 aromatic heterocycles. The minimum absolute atomic E-state index is 0.444. The van der Waals surface area contributed by atoms with E-state index in [1.165, 1.54) is 36.8 Å². The van der Waals surface area contributed by atoms with Gasteiger partial charge in [-0.05, 0) is 68.1 Å². The molecule has 2 aromatic rings. The third kappa shape index (κ3) is 2.63. The molecule has 3 rings (SSSR count). The topological polar surface area (TPSA) is 42.8 Å². The molecule has 0 atom stereocenters. The first-order valence-corrected chi connectivity index (χ1v) is 7.57. The molecular weight excluding hydrogens is 270 g/mol. The first-order chi connectivity index (χ1) is 9.78. The molecule has 1 N–H and O–H groups in total. The van der Waals surface area contributed by atoms with Gasteiger partial charge in [-0.1, -0.05) is 6.07 Å². The van der Waals surface area contributed by atoms with Crippen molar-refractivity contribution in [3.8, 4) is 5.75 Å². The number of aromatic amines is 1. The molecular formula is C15H19N3OS. The monoisotopic (exact) mass is 289 g/mol. The second kappa shape index (κ2) is 5.79. The van der Waals surface area contributed by atoms with Gasteiger partial charge < -0.3 is 9.30 Å². The quantitative estimate of drug-likeness (QED) is 0.877. The molecule has 0 radical (unpaired) electrons. The summed E-state index contributed by atoms with van der Waals surface area (Å²) in [6.45, 7) is 3.30. The third-order valence-corrected chi connectivity index (χ3v) is 4.15.